The molecule has 0 saturated heterocycles. The Morgan fingerprint density at radius 2 is 1.68 bits per heavy atom. The van der Waals surface area contributed by atoms with Crippen molar-refractivity contribution in [3.63, 3.8) is 0 Å². The molecule has 0 aliphatic carbocycles. The third-order valence-electron chi connectivity index (χ3n) is 5.64. The summed E-state index contributed by atoms with van der Waals surface area (Å²) in [5.41, 5.74) is 3.50. The van der Waals surface area contributed by atoms with E-state index in [2.05, 4.69) is 43.2 Å². The lowest BCUT2D eigenvalue weighted by atomic mass is 9.86. The number of rotatable bonds is 9. The van der Waals surface area contributed by atoms with Gasteiger partial charge in [0.2, 0.25) is 10.0 Å². The van der Waals surface area contributed by atoms with E-state index in [0.29, 0.717) is 23.8 Å². The molecule has 0 spiro atoms. The van der Waals surface area contributed by atoms with Crippen LogP contribution in [0.1, 0.15) is 63.4 Å². The fraction of sp³-hybridized carbons (Fsp3) is 0.385. The smallest absolute Gasteiger partial charge is 0.257 e. The van der Waals surface area contributed by atoms with Gasteiger partial charge in [-0.25, -0.2) is 13.4 Å². The molecule has 0 atom stereocenters. The van der Waals surface area contributed by atoms with Gasteiger partial charge in [0.25, 0.3) is 5.91 Å². The van der Waals surface area contributed by atoms with E-state index in [4.69, 9.17) is 0 Å². The molecule has 1 heterocycles. The Balaban J connectivity index is 1.69. The number of thiazole rings is 1. The van der Waals surface area contributed by atoms with Gasteiger partial charge in [0.15, 0.2) is 5.13 Å². The van der Waals surface area contributed by atoms with Crippen LogP contribution in [0.4, 0.5) is 5.13 Å². The number of hydrogen-bond acceptors (Lipinski definition) is 5. The lowest BCUT2D eigenvalue weighted by Gasteiger charge is -2.20. The summed E-state index contributed by atoms with van der Waals surface area (Å²) < 4.78 is 27.2. The van der Waals surface area contributed by atoms with Gasteiger partial charge < -0.3 is 0 Å². The molecule has 1 N–H and O–H groups in total. The van der Waals surface area contributed by atoms with E-state index in [-0.39, 0.29) is 16.2 Å². The van der Waals surface area contributed by atoms with E-state index in [0.717, 1.165) is 24.1 Å². The minimum absolute atomic E-state index is 0.0823. The number of nitrogens with one attached hydrogen (secondary N) is 1. The lowest BCUT2D eigenvalue weighted by Crippen LogP contribution is -2.31. The van der Waals surface area contributed by atoms with Crippen LogP contribution >= 0.6 is 11.3 Å². The molecule has 182 valence electrons. The van der Waals surface area contributed by atoms with Crippen LogP contribution in [0.3, 0.4) is 0 Å². The third kappa shape index (κ3) is 6.11. The molecule has 6 nitrogen and oxygen atoms in total. The molecule has 0 bridgehead atoms. The molecule has 8 heteroatoms. The van der Waals surface area contributed by atoms with Crippen LogP contribution in [-0.4, -0.2) is 36.7 Å². The maximum absolute atomic E-state index is 12.9. The topological polar surface area (TPSA) is 79.4 Å². The number of aromatic nitrogens is 1. The van der Waals surface area contributed by atoms with Crippen molar-refractivity contribution in [2.24, 2.45) is 0 Å². The van der Waals surface area contributed by atoms with Crippen molar-refractivity contribution in [1.82, 2.24) is 9.29 Å². The minimum atomic E-state index is -3.57. The average Bonchev–Trinajstić information content (AvgIpc) is 3.27. The van der Waals surface area contributed by atoms with Gasteiger partial charge in [-0.3, -0.25) is 10.1 Å². The van der Waals surface area contributed by atoms with Gasteiger partial charge in [0, 0.05) is 29.6 Å². The van der Waals surface area contributed by atoms with Crippen molar-refractivity contribution in [3.05, 3.63) is 65.0 Å². The van der Waals surface area contributed by atoms with Gasteiger partial charge in [-0.1, -0.05) is 65.3 Å². The van der Waals surface area contributed by atoms with Gasteiger partial charge in [0.05, 0.1) is 10.6 Å². The van der Waals surface area contributed by atoms with Gasteiger partial charge in [0.1, 0.15) is 0 Å². The van der Waals surface area contributed by atoms with Crippen molar-refractivity contribution in [2.45, 2.75) is 57.8 Å². The third-order valence-corrected chi connectivity index (χ3v) is 8.39. The summed E-state index contributed by atoms with van der Waals surface area (Å²) in [7, 11) is -3.57. The Labute approximate surface area is 207 Å². The fourth-order valence-electron chi connectivity index (χ4n) is 3.48. The second-order valence-electron chi connectivity index (χ2n) is 9.19. The number of carbonyl (C=O) groups excluding carboxylic acids is 1. The van der Waals surface area contributed by atoms with E-state index in [1.54, 1.807) is 0 Å². The molecule has 0 unspecified atom stereocenters. The molecule has 34 heavy (non-hydrogen) atoms. The quantitative estimate of drug-likeness (QED) is 0.382. The van der Waals surface area contributed by atoms with Crippen molar-refractivity contribution in [1.29, 1.82) is 0 Å². The largest absolute Gasteiger partial charge is 0.298 e. The molecule has 3 rings (SSSR count). The maximum atomic E-state index is 12.9. The zero-order valence-electron chi connectivity index (χ0n) is 20.5. The van der Waals surface area contributed by atoms with Crippen molar-refractivity contribution in [2.75, 3.05) is 18.4 Å². The van der Waals surface area contributed by atoms with E-state index in [9.17, 15) is 13.2 Å². The first-order chi connectivity index (χ1) is 16.1. The highest BCUT2D eigenvalue weighted by atomic mass is 32.2. The average molecular weight is 500 g/mol. The second kappa shape index (κ2) is 10.8. The molecule has 0 aliphatic heterocycles. The van der Waals surface area contributed by atoms with Crippen molar-refractivity contribution < 1.29 is 13.2 Å². The highest BCUT2D eigenvalue weighted by molar-refractivity contribution is 7.89. The summed E-state index contributed by atoms with van der Waals surface area (Å²) >= 11 is 1.35. The number of anilines is 1. The standard InChI is InChI=1S/C26H33N3O3S2/c1-6-8-17-29(7-2)34(31,32)22-15-11-20(12-16-22)24(30)28-25-27-23(18-33-25)19-9-13-21(14-10-19)26(3,4)5/h9-16,18H,6-8,17H2,1-5H3,(H,27,28,30). The highest BCUT2D eigenvalue weighted by Gasteiger charge is 2.23. The van der Waals surface area contributed by atoms with E-state index in [1.165, 1.54) is 45.5 Å². The van der Waals surface area contributed by atoms with E-state index in [1.807, 2.05) is 31.4 Å². The molecule has 2 aromatic carbocycles. The first-order valence-electron chi connectivity index (χ1n) is 11.5. The normalized spacial score (nSPS) is 12.2. The summed E-state index contributed by atoms with van der Waals surface area (Å²) in [6.45, 7) is 11.3. The van der Waals surface area contributed by atoms with Crippen LogP contribution in [0, 0.1) is 0 Å². The SMILES string of the molecule is CCCCN(CC)S(=O)(=O)c1ccc(C(=O)Nc2nc(-c3ccc(C(C)(C)C)cc3)cs2)cc1. The molecule has 0 radical (unpaired) electrons. The predicted molar refractivity (Wildman–Crippen MR) is 140 cm³/mol. The van der Waals surface area contributed by atoms with E-state index < -0.39 is 10.0 Å². The van der Waals surface area contributed by atoms with Crippen molar-refractivity contribution in [3.8, 4) is 11.3 Å². The Bertz CT molecular complexity index is 1210. The summed E-state index contributed by atoms with van der Waals surface area (Å²) in [6, 6.07) is 14.3. The van der Waals surface area contributed by atoms with E-state index >= 15 is 0 Å². The summed E-state index contributed by atoms with van der Waals surface area (Å²) in [4.78, 5) is 17.4. The Kier molecular flexibility index (Phi) is 8.28. The summed E-state index contributed by atoms with van der Waals surface area (Å²) in [5.74, 6) is -0.328. The summed E-state index contributed by atoms with van der Waals surface area (Å²) in [5, 5.41) is 5.22. The predicted octanol–water partition coefficient (Wildman–Crippen LogP) is 6.17. The van der Waals surface area contributed by atoms with Crippen LogP contribution in [0.2, 0.25) is 0 Å². The minimum Gasteiger partial charge on any atom is -0.298 e. The number of carbonyl (C=O) groups is 1. The Morgan fingerprint density at radius 1 is 1.03 bits per heavy atom. The van der Waals surface area contributed by atoms with Crippen molar-refractivity contribution >= 4 is 32.4 Å². The monoisotopic (exact) mass is 499 g/mol. The molecule has 0 fully saturated rings. The van der Waals surface area contributed by atoms with Crippen LogP contribution in [0.5, 0.6) is 0 Å². The Morgan fingerprint density at radius 3 is 2.24 bits per heavy atom. The molecule has 1 amide bonds. The first-order valence-corrected chi connectivity index (χ1v) is 13.9. The number of amides is 1. The van der Waals surface area contributed by atoms with Crippen LogP contribution < -0.4 is 5.32 Å². The molecule has 0 saturated carbocycles. The molecule has 3 aromatic rings. The van der Waals surface area contributed by atoms with Gasteiger partial charge in [-0.2, -0.15) is 4.31 Å². The zero-order chi connectivity index (χ0) is 24.9. The lowest BCUT2D eigenvalue weighted by molar-refractivity contribution is 0.102. The molecule has 0 aliphatic rings. The molecular formula is C26H33N3O3S2. The number of hydrogen-bond donors (Lipinski definition) is 1. The van der Waals surface area contributed by atoms with Gasteiger partial charge in [-0.05, 0) is 41.7 Å². The highest BCUT2D eigenvalue weighted by Crippen LogP contribution is 2.28. The first kappa shape index (κ1) is 26.1. The molecular weight excluding hydrogens is 466 g/mol. The number of sulfonamides is 1. The Hall–Kier alpha value is -2.55. The van der Waals surface area contributed by atoms with Crippen LogP contribution in [-0.2, 0) is 15.4 Å². The second-order valence-corrected chi connectivity index (χ2v) is 12.0. The zero-order valence-corrected chi connectivity index (χ0v) is 22.1. The maximum Gasteiger partial charge on any atom is 0.257 e. The van der Waals surface area contributed by atoms with Gasteiger partial charge in [-0.15, -0.1) is 11.3 Å². The number of benzene rings is 2. The number of nitrogens with zero attached hydrogens (tertiary/aromatic N) is 2. The van der Waals surface area contributed by atoms with Gasteiger partial charge >= 0.3 is 0 Å². The van der Waals surface area contributed by atoms with Crippen LogP contribution in [0.15, 0.2) is 58.8 Å². The number of unbranched alkanes of at least 4 members (excludes halogenated alkanes) is 1. The van der Waals surface area contributed by atoms with Crippen LogP contribution in [0.25, 0.3) is 11.3 Å². The molecule has 1 aromatic heterocycles. The summed E-state index contributed by atoms with van der Waals surface area (Å²) in [6.07, 6.45) is 1.73. The fourth-order valence-corrected chi connectivity index (χ4v) is 5.69.